The van der Waals surface area contributed by atoms with Gasteiger partial charge in [0.05, 0.1) is 12.3 Å². The molecule has 5 heteroatoms. The molecule has 21 heavy (non-hydrogen) atoms. The summed E-state index contributed by atoms with van der Waals surface area (Å²) in [4.78, 5) is 2.08. The highest BCUT2D eigenvalue weighted by atomic mass is 19.1. The predicted octanol–water partition coefficient (Wildman–Crippen LogP) is 1.77. The molecule has 2 N–H and O–H groups in total. The number of nitrogens with one attached hydrogen (secondary N) is 1. The van der Waals surface area contributed by atoms with Crippen LogP contribution in [0.5, 0.6) is 0 Å². The average molecular weight is 296 g/mol. The Kier molecular flexibility index (Phi) is 6.42. The molecule has 118 valence electrons. The first kappa shape index (κ1) is 16.2. The van der Waals surface area contributed by atoms with Crippen molar-refractivity contribution in [3.63, 3.8) is 0 Å². The Bertz CT molecular complexity index is 442. The van der Waals surface area contributed by atoms with Crippen LogP contribution in [0.15, 0.2) is 18.2 Å². The first-order valence-corrected chi connectivity index (χ1v) is 7.58. The van der Waals surface area contributed by atoms with E-state index >= 15 is 0 Å². The van der Waals surface area contributed by atoms with Gasteiger partial charge in [-0.1, -0.05) is 6.07 Å². The van der Waals surface area contributed by atoms with E-state index in [0.29, 0.717) is 24.8 Å². The molecule has 1 unspecified atom stereocenters. The second kappa shape index (κ2) is 8.32. The Labute approximate surface area is 125 Å². The molecule has 1 aliphatic rings. The largest absolute Gasteiger partial charge is 0.396 e. The molecule has 0 saturated carbocycles. The number of ether oxygens (including phenoxy) is 1. The summed E-state index contributed by atoms with van der Waals surface area (Å²) < 4.78 is 19.2. The maximum atomic E-state index is 14.2. The summed E-state index contributed by atoms with van der Waals surface area (Å²) in [6.07, 6.45) is 1.83. The highest BCUT2D eigenvalue weighted by Gasteiger charge is 2.24. The van der Waals surface area contributed by atoms with Crippen LogP contribution in [0.25, 0.3) is 0 Å². The van der Waals surface area contributed by atoms with Gasteiger partial charge in [-0.05, 0) is 36.5 Å². The van der Waals surface area contributed by atoms with Gasteiger partial charge in [-0.15, -0.1) is 0 Å². The summed E-state index contributed by atoms with van der Waals surface area (Å²) in [6, 6.07) is 5.44. The van der Waals surface area contributed by atoms with E-state index in [0.717, 1.165) is 38.0 Å². The first-order valence-electron chi connectivity index (χ1n) is 7.58. The topological polar surface area (TPSA) is 44.7 Å². The van der Waals surface area contributed by atoms with Crippen LogP contribution in [-0.4, -0.2) is 45.1 Å². The van der Waals surface area contributed by atoms with E-state index in [1.807, 2.05) is 12.1 Å². The summed E-state index contributed by atoms with van der Waals surface area (Å²) in [6.45, 7) is 3.98. The Hall–Kier alpha value is -1.17. The summed E-state index contributed by atoms with van der Waals surface area (Å²) in [5, 5.41) is 12.2. The fourth-order valence-electron chi connectivity index (χ4n) is 2.79. The fraction of sp³-hybridized carbons (Fsp3) is 0.625. The Morgan fingerprint density at radius 2 is 2.33 bits per heavy atom. The third-order valence-corrected chi connectivity index (χ3v) is 3.99. The lowest BCUT2D eigenvalue weighted by molar-refractivity contribution is 0.199. The summed E-state index contributed by atoms with van der Waals surface area (Å²) in [7, 11) is 1.66. The van der Waals surface area contributed by atoms with Gasteiger partial charge in [-0.2, -0.15) is 0 Å². The van der Waals surface area contributed by atoms with Gasteiger partial charge in [0.1, 0.15) is 5.82 Å². The molecule has 0 aromatic heterocycles. The van der Waals surface area contributed by atoms with E-state index in [2.05, 4.69) is 10.2 Å². The number of benzene rings is 1. The molecule has 0 amide bonds. The summed E-state index contributed by atoms with van der Waals surface area (Å²) in [5.74, 6) is 0.315. The van der Waals surface area contributed by atoms with Crippen molar-refractivity contribution in [1.82, 2.24) is 5.32 Å². The molecule has 1 aliphatic heterocycles. The van der Waals surface area contributed by atoms with E-state index < -0.39 is 0 Å². The smallest absolute Gasteiger partial charge is 0.146 e. The second-order valence-electron chi connectivity index (χ2n) is 5.57. The van der Waals surface area contributed by atoms with Crippen molar-refractivity contribution < 1.29 is 14.2 Å². The Morgan fingerprint density at radius 1 is 1.48 bits per heavy atom. The molecule has 1 aromatic rings. The van der Waals surface area contributed by atoms with Gasteiger partial charge in [0, 0.05) is 39.9 Å². The molecule has 0 radical (unpaired) electrons. The zero-order valence-corrected chi connectivity index (χ0v) is 12.6. The number of anilines is 1. The lowest BCUT2D eigenvalue weighted by Gasteiger charge is -2.20. The maximum absolute atomic E-state index is 14.2. The molecular weight excluding hydrogens is 271 g/mol. The molecule has 1 atom stereocenters. The maximum Gasteiger partial charge on any atom is 0.146 e. The lowest BCUT2D eigenvalue weighted by Crippen LogP contribution is -2.22. The number of hydrogen-bond acceptors (Lipinski definition) is 4. The number of aliphatic hydroxyl groups excluding tert-OH is 1. The number of rotatable bonds is 8. The van der Waals surface area contributed by atoms with Crippen molar-refractivity contribution in [2.24, 2.45) is 5.92 Å². The van der Waals surface area contributed by atoms with Crippen LogP contribution < -0.4 is 10.2 Å². The van der Waals surface area contributed by atoms with E-state index in [1.165, 1.54) is 0 Å². The summed E-state index contributed by atoms with van der Waals surface area (Å²) >= 11 is 0. The minimum atomic E-state index is -0.161. The molecule has 1 aromatic carbocycles. The molecule has 0 aliphatic carbocycles. The minimum Gasteiger partial charge on any atom is -0.396 e. The average Bonchev–Trinajstić information content (AvgIpc) is 2.92. The number of methoxy groups -OCH3 is 1. The van der Waals surface area contributed by atoms with Gasteiger partial charge in [0.25, 0.3) is 0 Å². The Morgan fingerprint density at radius 3 is 3.05 bits per heavy atom. The van der Waals surface area contributed by atoms with Gasteiger partial charge in [-0.3, -0.25) is 0 Å². The normalized spacial score (nSPS) is 18.4. The fourth-order valence-corrected chi connectivity index (χ4v) is 2.79. The van der Waals surface area contributed by atoms with Crippen molar-refractivity contribution >= 4 is 5.69 Å². The highest BCUT2D eigenvalue weighted by Crippen LogP contribution is 2.28. The quantitative estimate of drug-likeness (QED) is 0.718. The molecule has 1 heterocycles. The van der Waals surface area contributed by atoms with Crippen molar-refractivity contribution in [2.45, 2.75) is 19.4 Å². The second-order valence-corrected chi connectivity index (χ2v) is 5.57. The van der Waals surface area contributed by atoms with Gasteiger partial charge >= 0.3 is 0 Å². The SMILES string of the molecule is COCCNCc1ccc(N2CCC(CCO)C2)c(F)c1. The standard InChI is InChI=1S/C16H25FN2O2/c1-21-9-6-18-11-14-2-3-16(15(17)10-14)19-7-4-13(12-19)5-8-20/h2-3,10,13,18,20H,4-9,11-12H2,1H3. The Balaban J connectivity index is 1.90. The van der Waals surface area contributed by atoms with Gasteiger partial charge in [-0.25, -0.2) is 4.39 Å². The van der Waals surface area contributed by atoms with E-state index in [1.54, 1.807) is 13.2 Å². The zero-order valence-electron chi connectivity index (χ0n) is 12.6. The molecule has 4 nitrogen and oxygen atoms in total. The van der Waals surface area contributed by atoms with E-state index in [9.17, 15) is 4.39 Å². The van der Waals surface area contributed by atoms with Gasteiger partial charge in [0.2, 0.25) is 0 Å². The van der Waals surface area contributed by atoms with Crippen LogP contribution >= 0.6 is 0 Å². The van der Waals surface area contributed by atoms with Crippen molar-refractivity contribution in [1.29, 1.82) is 0 Å². The molecule has 1 fully saturated rings. The van der Waals surface area contributed by atoms with Crippen LogP contribution in [0.1, 0.15) is 18.4 Å². The molecular formula is C16H25FN2O2. The third kappa shape index (κ3) is 4.66. The monoisotopic (exact) mass is 296 g/mol. The molecule has 2 rings (SSSR count). The third-order valence-electron chi connectivity index (χ3n) is 3.99. The van der Waals surface area contributed by atoms with Crippen LogP contribution in [0.4, 0.5) is 10.1 Å². The summed E-state index contributed by atoms with van der Waals surface area (Å²) in [5.41, 5.74) is 1.62. The number of aliphatic hydroxyl groups is 1. The lowest BCUT2D eigenvalue weighted by atomic mass is 10.1. The molecule has 0 bridgehead atoms. The van der Waals surface area contributed by atoms with Gasteiger partial charge < -0.3 is 20.1 Å². The van der Waals surface area contributed by atoms with E-state index in [-0.39, 0.29) is 12.4 Å². The number of hydrogen-bond donors (Lipinski definition) is 2. The number of halogens is 1. The molecule has 1 saturated heterocycles. The predicted molar refractivity (Wildman–Crippen MR) is 82.0 cm³/mol. The minimum absolute atomic E-state index is 0.161. The van der Waals surface area contributed by atoms with Crippen molar-refractivity contribution in [3.8, 4) is 0 Å². The zero-order chi connectivity index (χ0) is 15.1. The highest BCUT2D eigenvalue weighted by molar-refractivity contribution is 5.50. The van der Waals surface area contributed by atoms with Crippen LogP contribution in [0.3, 0.4) is 0 Å². The van der Waals surface area contributed by atoms with Crippen LogP contribution in [0.2, 0.25) is 0 Å². The van der Waals surface area contributed by atoms with Crippen molar-refractivity contribution in [3.05, 3.63) is 29.6 Å². The van der Waals surface area contributed by atoms with E-state index in [4.69, 9.17) is 9.84 Å². The van der Waals surface area contributed by atoms with Crippen molar-refractivity contribution in [2.75, 3.05) is 44.9 Å². The first-order chi connectivity index (χ1) is 10.2. The number of nitrogens with zero attached hydrogens (tertiary/aromatic N) is 1. The van der Waals surface area contributed by atoms with Gasteiger partial charge in [0.15, 0.2) is 0 Å². The van der Waals surface area contributed by atoms with Crippen LogP contribution in [-0.2, 0) is 11.3 Å². The molecule has 0 spiro atoms. The van der Waals surface area contributed by atoms with Crippen LogP contribution in [0, 0.1) is 11.7 Å².